The van der Waals surface area contributed by atoms with Crippen molar-refractivity contribution in [3.8, 4) is 0 Å². The molecule has 0 aliphatic rings. The summed E-state index contributed by atoms with van der Waals surface area (Å²) in [6, 6.07) is 6.13. The van der Waals surface area contributed by atoms with E-state index in [2.05, 4.69) is 26.6 Å². The summed E-state index contributed by atoms with van der Waals surface area (Å²) in [5.74, 6) is -1.52. The molecule has 0 fully saturated rings. The number of halogens is 1. The molecule has 1 unspecified atom stereocenters. The molecule has 6 nitrogen and oxygen atoms in total. The average Bonchev–Trinajstić information content (AvgIpc) is 2.39. The molecule has 21 heavy (non-hydrogen) atoms. The van der Waals surface area contributed by atoms with Crippen molar-refractivity contribution < 1.29 is 19.5 Å². The van der Waals surface area contributed by atoms with Crippen LogP contribution in [0.4, 0.5) is 5.69 Å². The molecule has 0 aliphatic carbocycles. The molecule has 0 radical (unpaired) electrons. The van der Waals surface area contributed by atoms with Crippen molar-refractivity contribution in [3.63, 3.8) is 0 Å². The van der Waals surface area contributed by atoms with Crippen LogP contribution in [-0.2, 0) is 14.4 Å². The van der Waals surface area contributed by atoms with Gasteiger partial charge in [0, 0.05) is 22.8 Å². The molecule has 1 aromatic carbocycles. The SMILES string of the molecule is CC(=O)NC(CSCC(=O)Nc1ccc(Br)cc1)C(=O)O. The van der Waals surface area contributed by atoms with Gasteiger partial charge < -0.3 is 15.7 Å². The third-order valence-corrected chi connectivity index (χ3v) is 3.89. The number of amides is 2. The number of carbonyl (C=O) groups is 3. The molecule has 1 atom stereocenters. The molecule has 0 saturated heterocycles. The van der Waals surface area contributed by atoms with Crippen LogP contribution in [0.25, 0.3) is 0 Å². The van der Waals surface area contributed by atoms with Gasteiger partial charge in [-0.3, -0.25) is 9.59 Å². The second-order valence-corrected chi connectivity index (χ2v) is 6.11. The van der Waals surface area contributed by atoms with Gasteiger partial charge >= 0.3 is 5.97 Å². The third-order valence-electron chi connectivity index (χ3n) is 2.32. The smallest absolute Gasteiger partial charge is 0.327 e. The zero-order valence-electron chi connectivity index (χ0n) is 11.3. The Balaban J connectivity index is 2.36. The van der Waals surface area contributed by atoms with E-state index in [9.17, 15) is 14.4 Å². The van der Waals surface area contributed by atoms with E-state index in [4.69, 9.17) is 5.11 Å². The van der Waals surface area contributed by atoms with Crippen molar-refractivity contribution in [1.82, 2.24) is 5.32 Å². The van der Waals surface area contributed by atoms with Gasteiger partial charge in [-0.1, -0.05) is 15.9 Å². The lowest BCUT2D eigenvalue weighted by Gasteiger charge is -2.12. The standard InChI is InChI=1S/C13H15BrN2O4S/c1-8(17)15-11(13(19)20)6-21-7-12(18)16-10-4-2-9(14)3-5-10/h2-5,11H,6-7H2,1H3,(H,15,17)(H,16,18)(H,19,20). The first-order chi connectivity index (χ1) is 9.88. The van der Waals surface area contributed by atoms with Crippen LogP contribution >= 0.6 is 27.7 Å². The average molecular weight is 375 g/mol. The first-order valence-corrected chi connectivity index (χ1v) is 7.96. The molecule has 8 heteroatoms. The predicted molar refractivity (Wildman–Crippen MR) is 85.3 cm³/mol. The van der Waals surface area contributed by atoms with Gasteiger partial charge in [0.15, 0.2) is 0 Å². The summed E-state index contributed by atoms with van der Waals surface area (Å²) in [6.07, 6.45) is 0. The normalized spacial score (nSPS) is 11.5. The molecular weight excluding hydrogens is 360 g/mol. The highest BCUT2D eigenvalue weighted by atomic mass is 79.9. The monoisotopic (exact) mass is 374 g/mol. The summed E-state index contributed by atoms with van der Waals surface area (Å²) in [5, 5.41) is 13.9. The zero-order chi connectivity index (χ0) is 15.8. The highest BCUT2D eigenvalue weighted by molar-refractivity contribution is 9.10. The second-order valence-electron chi connectivity index (χ2n) is 4.16. The fourth-order valence-electron chi connectivity index (χ4n) is 1.42. The second kappa shape index (κ2) is 8.68. The third kappa shape index (κ3) is 7.14. The van der Waals surface area contributed by atoms with Gasteiger partial charge in [0.25, 0.3) is 0 Å². The van der Waals surface area contributed by atoms with Gasteiger partial charge in [-0.2, -0.15) is 0 Å². The van der Waals surface area contributed by atoms with Gasteiger partial charge in [0.05, 0.1) is 5.75 Å². The highest BCUT2D eigenvalue weighted by Gasteiger charge is 2.18. The van der Waals surface area contributed by atoms with Crippen LogP contribution in [0.15, 0.2) is 28.7 Å². The Morgan fingerprint density at radius 1 is 1.29 bits per heavy atom. The quantitative estimate of drug-likeness (QED) is 0.675. The van der Waals surface area contributed by atoms with Gasteiger partial charge in [-0.25, -0.2) is 4.79 Å². The number of thioether (sulfide) groups is 1. The number of carboxylic acid groups (broad SMARTS) is 1. The summed E-state index contributed by atoms with van der Waals surface area (Å²) in [4.78, 5) is 33.5. The maximum Gasteiger partial charge on any atom is 0.327 e. The summed E-state index contributed by atoms with van der Waals surface area (Å²) in [5.41, 5.74) is 0.667. The number of carbonyl (C=O) groups excluding carboxylic acids is 2. The molecule has 1 aromatic rings. The van der Waals surface area contributed by atoms with Crippen LogP contribution in [0.2, 0.25) is 0 Å². The first-order valence-electron chi connectivity index (χ1n) is 6.01. The van der Waals surface area contributed by atoms with E-state index in [0.29, 0.717) is 5.69 Å². The minimum absolute atomic E-state index is 0.111. The number of nitrogens with one attached hydrogen (secondary N) is 2. The van der Waals surface area contributed by atoms with E-state index in [1.807, 2.05) is 0 Å². The summed E-state index contributed by atoms with van der Waals surface area (Å²) >= 11 is 4.44. The van der Waals surface area contributed by atoms with Crippen LogP contribution < -0.4 is 10.6 Å². The van der Waals surface area contributed by atoms with Crippen molar-refractivity contribution in [2.75, 3.05) is 16.8 Å². The lowest BCUT2D eigenvalue weighted by atomic mass is 10.3. The summed E-state index contributed by atoms with van der Waals surface area (Å²) < 4.78 is 0.912. The number of aliphatic carboxylic acids is 1. The van der Waals surface area contributed by atoms with Crippen LogP contribution in [0.3, 0.4) is 0 Å². The fraction of sp³-hybridized carbons (Fsp3) is 0.308. The lowest BCUT2D eigenvalue weighted by molar-refractivity contribution is -0.140. The van der Waals surface area contributed by atoms with Gasteiger partial charge in [0.2, 0.25) is 11.8 Å². The fourth-order valence-corrected chi connectivity index (χ4v) is 2.52. The van der Waals surface area contributed by atoms with Crippen molar-refractivity contribution in [3.05, 3.63) is 28.7 Å². The van der Waals surface area contributed by atoms with E-state index in [1.54, 1.807) is 24.3 Å². The number of hydrogen-bond donors (Lipinski definition) is 3. The Morgan fingerprint density at radius 3 is 2.43 bits per heavy atom. The van der Waals surface area contributed by atoms with E-state index in [-0.39, 0.29) is 17.4 Å². The lowest BCUT2D eigenvalue weighted by Crippen LogP contribution is -2.41. The van der Waals surface area contributed by atoms with Gasteiger partial charge in [-0.15, -0.1) is 11.8 Å². The highest BCUT2D eigenvalue weighted by Crippen LogP contribution is 2.14. The van der Waals surface area contributed by atoms with Crippen molar-refractivity contribution in [2.24, 2.45) is 0 Å². The first kappa shape index (κ1) is 17.5. The topological polar surface area (TPSA) is 95.5 Å². The molecule has 3 N–H and O–H groups in total. The summed E-state index contributed by atoms with van der Waals surface area (Å²) in [6.45, 7) is 1.25. The molecule has 0 heterocycles. The Kier molecular flexibility index (Phi) is 7.24. The zero-order valence-corrected chi connectivity index (χ0v) is 13.7. The maximum atomic E-state index is 11.7. The number of rotatable bonds is 7. The Bertz CT molecular complexity index is 521. The maximum absolute atomic E-state index is 11.7. The number of carboxylic acids is 1. The van der Waals surface area contributed by atoms with Crippen LogP contribution in [0.1, 0.15) is 6.92 Å². The molecule has 114 valence electrons. The van der Waals surface area contributed by atoms with Crippen molar-refractivity contribution in [1.29, 1.82) is 0 Å². The van der Waals surface area contributed by atoms with E-state index >= 15 is 0 Å². The molecule has 1 rings (SSSR count). The molecule has 0 saturated carbocycles. The van der Waals surface area contributed by atoms with Crippen molar-refractivity contribution >= 4 is 51.2 Å². The largest absolute Gasteiger partial charge is 0.480 e. The van der Waals surface area contributed by atoms with Crippen molar-refractivity contribution in [2.45, 2.75) is 13.0 Å². The molecule has 0 aliphatic heterocycles. The van der Waals surface area contributed by atoms with Crippen LogP contribution in [0.5, 0.6) is 0 Å². The molecule has 0 aromatic heterocycles. The van der Waals surface area contributed by atoms with E-state index in [0.717, 1.165) is 16.2 Å². The minimum atomic E-state index is -1.12. The van der Waals surface area contributed by atoms with E-state index < -0.39 is 17.9 Å². The van der Waals surface area contributed by atoms with Crippen LogP contribution in [0, 0.1) is 0 Å². The van der Waals surface area contributed by atoms with Gasteiger partial charge in [0.1, 0.15) is 6.04 Å². The Labute approximate surface area is 134 Å². The van der Waals surface area contributed by atoms with Crippen LogP contribution in [-0.4, -0.2) is 40.4 Å². The van der Waals surface area contributed by atoms with E-state index in [1.165, 1.54) is 6.92 Å². The molecule has 0 spiro atoms. The number of benzene rings is 1. The molecule has 0 bridgehead atoms. The Hall–Kier alpha value is -1.54. The predicted octanol–water partition coefficient (Wildman–Crippen LogP) is 1.71. The number of hydrogen-bond acceptors (Lipinski definition) is 4. The minimum Gasteiger partial charge on any atom is -0.480 e. The molecular formula is C13H15BrN2O4S. The van der Waals surface area contributed by atoms with Gasteiger partial charge in [-0.05, 0) is 24.3 Å². The summed E-state index contributed by atoms with van der Waals surface area (Å²) in [7, 11) is 0. The Morgan fingerprint density at radius 2 is 1.90 bits per heavy atom. The molecule has 2 amide bonds. The number of anilines is 1.